The van der Waals surface area contributed by atoms with Gasteiger partial charge in [0.2, 0.25) is 0 Å². The lowest BCUT2D eigenvalue weighted by atomic mass is 9.89. The molecule has 80 valence electrons. The van der Waals surface area contributed by atoms with E-state index in [0.29, 0.717) is 0 Å². The molecular weight excluding hydrogens is 191 g/mol. The van der Waals surface area contributed by atoms with Gasteiger partial charge in [-0.3, -0.25) is 0 Å². The molecule has 2 N–H and O–H groups in total. The lowest BCUT2D eigenvalue weighted by molar-refractivity contribution is 0.413. The van der Waals surface area contributed by atoms with Crippen LogP contribution in [0.2, 0.25) is 0 Å². The van der Waals surface area contributed by atoms with E-state index in [4.69, 9.17) is 14.8 Å². The Labute approximate surface area is 90.2 Å². The molecule has 15 heavy (non-hydrogen) atoms. The van der Waals surface area contributed by atoms with E-state index >= 15 is 0 Å². The molecule has 0 fully saturated rings. The zero-order chi connectivity index (χ0) is 11.4. The molecule has 1 aromatic rings. The second-order valence-corrected chi connectivity index (χ2v) is 3.47. The van der Waals surface area contributed by atoms with Gasteiger partial charge in [0.25, 0.3) is 0 Å². The van der Waals surface area contributed by atoms with Gasteiger partial charge in [0.05, 0.1) is 7.11 Å². The quantitative estimate of drug-likeness (QED) is 0.733. The number of benzene rings is 1. The van der Waals surface area contributed by atoms with E-state index in [1.165, 1.54) is 5.98 Å². The Hall–Kier alpha value is -1.26. The molecule has 0 radical (unpaired) electrons. The lowest BCUT2D eigenvalue weighted by Gasteiger charge is -2.09. The fourth-order valence-electron chi connectivity index (χ4n) is 1.50. The van der Waals surface area contributed by atoms with E-state index in [2.05, 4.69) is 0 Å². The van der Waals surface area contributed by atoms with Gasteiger partial charge in [-0.25, -0.2) is 0 Å². The monoisotopic (exact) mass is 206 g/mol. The zero-order valence-corrected chi connectivity index (χ0v) is 9.19. The Morgan fingerprint density at radius 1 is 1.27 bits per heavy atom. The highest BCUT2D eigenvalue weighted by molar-refractivity contribution is 6.48. The van der Waals surface area contributed by atoms with Crippen LogP contribution in [0.25, 0.3) is 6.08 Å². The van der Waals surface area contributed by atoms with Gasteiger partial charge < -0.3 is 14.8 Å². The van der Waals surface area contributed by atoms with Crippen LogP contribution >= 0.6 is 0 Å². The number of aryl methyl sites for hydroxylation is 2. The number of hydrogen-bond acceptors (Lipinski definition) is 3. The van der Waals surface area contributed by atoms with Gasteiger partial charge >= 0.3 is 7.12 Å². The average Bonchev–Trinajstić information content (AvgIpc) is 2.14. The van der Waals surface area contributed by atoms with Crippen molar-refractivity contribution in [2.24, 2.45) is 0 Å². The van der Waals surface area contributed by atoms with E-state index < -0.39 is 7.12 Å². The standard InChI is InChI=1S/C11H15BO3/c1-8-6-9(2)10(4-5-12(13)14)11(7-8)15-3/h4-7,13-14H,1-3H3/b5-4+. The maximum atomic E-state index is 8.75. The van der Waals surface area contributed by atoms with E-state index in [1.54, 1.807) is 13.2 Å². The maximum absolute atomic E-state index is 8.75. The molecule has 0 aromatic heterocycles. The van der Waals surface area contributed by atoms with E-state index in [0.717, 1.165) is 22.4 Å². The van der Waals surface area contributed by atoms with Crippen molar-refractivity contribution < 1.29 is 14.8 Å². The average molecular weight is 206 g/mol. The summed E-state index contributed by atoms with van der Waals surface area (Å²) in [6.45, 7) is 3.95. The summed E-state index contributed by atoms with van der Waals surface area (Å²) in [6, 6.07) is 3.93. The van der Waals surface area contributed by atoms with Crippen molar-refractivity contribution in [2.45, 2.75) is 13.8 Å². The predicted molar refractivity (Wildman–Crippen MR) is 61.7 cm³/mol. The van der Waals surface area contributed by atoms with Gasteiger partial charge in [0, 0.05) is 5.56 Å². The second kappa shape index (κ2) is 5.00. The smallest absolute Gasteiger partial charge is 0.480 e. The molecule has 0 aliphatic carbocycles. The first-order valence-electron chi connectivity index (χ1n) is 4.74. The highest BCUT2D eigenvalue weighted by Crippen LogP contribution is 2.25. The van der Waals surface area contributed by atoms with Crippen LogP contribution in [0.3, 0.4) is 0 Å². The summed E-state index contributed by atoms with van der Waals surface area (Å²) in [4.78, 5) is 0. The minimum atomic E-state index is -1.43. The molecule has 0 aliphatic heterocycles. The van der Waals surface area contributed by atoms with Crippen molar-refractivity contribution in [3.63, 3.8) is 0 Å². The van der Waals surface area contributed by atoms with Gasteiger partial charge in [-0.15, -0.1) is 0 Å². The highest BCUT2D eigenvalue weighted by atomic mass is 16.5. The Bertz CT molecular complexity index is 372. The van der Waals surface area contributed by atoms with E-state index in [1.807, 2.05) is 26.0 Å². The molecule has 1 rings (SSSR count). The topological polar surface area (TPSA) is 49.7 Å². The summed E-state index contributed by atoms with van der Waals surface area (Å²) < 4.78 is 5.22. The first-order valence-corrected chi connectivity index (χ1v) is 4.74. The molecule has 4 heteroatoms. The van der Waals surface area contributed by atoms with E-state index in [9.17, 15) is 0 Å². The maximum Gasteiger partial charge on any atom is 0.480 e. The Balaban J connectivity index is 3.15. The number of ether oxygens (including phenoxy) is 1. The molecule has 0 bridgehead atoms. The third kappa shape index (κ3) is 3.11. The molecule has 0 saturated carbocycles. The summed E-state index contributed by atoms with van der Waals surface area (Å²) in [5.74, 6) is 2.05. The molecule has 3 nitrogen and oxygen atoms in total. The minimum Gasteiger partial charge on any atom is -0.496 e. The van der Waals surface area contributed by atoms with Crippen LogP contribution in [-0.4, -0.2) is 24.3 Å². The minimum absolute atomic E-state index is 0.740. The van der Waals surface area contributed by atoms with Crippen LogP contribution in [0.15, 0.2) is 18.1 Å². The van der Waals surface area contributed by atoms with Crippen LogP contribution in [0, 0.1) is 13.8 Å². The van der Waals surface area contributed by atoms with Gasteiger partial charge in [-0.2, -0.15) is 0 Å². The summed E-state index contributed by atoms with van der Waals surface area (Å²) in [7, 11) is 0.163. The van der Waals surface area contributed by atoms with Crippen molar-refractivity contribution >= 4 is 13.2 Å². The van der Waals surface area contributed by atoms with Gasteiger partial charge in [0.1, 0.15) is 5.75 Å². The van der Waals surface area contributed by atoms with Crippen molar-refractivity contribution in [2.75, 3.05) is 7.11 Å². The lowest BCUT2D eigenvalue weighted by Crippen LogP contribution is -2.05. The summed E-state index contributed by atoms with van der Waals surface area (Å²) >= 11 is 0. The summed E-state index contributed by atoms with van der Waals surface area (Å²) in [5, 5.41) is 17.5. The number of rotatable bonds is 3. The van der Waals surface area contributed by atoms with Crippen molar-refractivity contribution in [3.05, 3.63) is 34.8 Å². The molecule has 0 unspecified atom stereocenters. The number of methoxy groups -OCH3 is 1. The third-order valence-corrected chi connectivity index (χ3v) is 2.15. The Morgan fingerprint density at radius 3 is 2.47 bits per heavy atom. The zero-order valence-electron chi connectivity index (χ0n) is 9.19. The van der Waals surface area contributed by atoms with Crippen LogP contribution in [0.5, 0.6) is 5.75 Å². The summed E-state index contributed by atoms with van der Waals surface area (Å²) in [5.41, 5.74) is 3.03. The first kappa shape index (κ1) is 11.8. The van der Waals surface area contributed by atoms with Crippen molar-refractivity contribution in [1.29, 1.82) is 0 Å². The van der Waals surface area contributed by atoms with Crippen LogP contribution in [0.4, 0.5) is 0 Å². The van der Waals surface area contributed by atoms with Crippen molar-refractivity contribution in [3.8, 4) is 5.75 Å². The molecule has 0 atom stereocenters. The molecule has 0 aliphatic rings. The van der Waals surface area contributed by atoms with Gasteiger partial charge in [0.15, 0.2) is 0 Å². The largest absolute Gasteiger partial charge is 0.496 e. The SMILES string of the molecule is COc1cc(C)cc(C)c1/C=C/B(O)O. The van der Waals surface area contributed by atoms with Crippen molar-refractivity contribution in [1.82, 2.24) is 0 Å². The molecule has 0 heterocycles. The molecule has 0 spiro atoms. The molecule has 0 amide bonds. The highest BCUT2D eigenvalue weighted by Gasteiger charge is 2.06. The normalized spacial score (nSPS) is 10.7. The Morgan fingerprint density at radius 2 is 1.93 bits per heavy atom. The van der Waals surface area contributed by atoms with Gasteiger partial charge in [-0.1, -0.05) is 18.1 Å². The number of hydrogen-bond donors (Lipinski definition) is 2. The first-order chi connectivity index (χ1) is 7.04. The third-order valence-electron chi connectivity index (χ3n) is 2.15. The second-order valence-electron chi connectivity index (χ2n) is 3.47. The summed E-state index contributed by atoms with van der Waals surface area (Å²) in [6.07, 6.45) is 1.65. The van der Waals surface area contributed by atoms with Gasteiger partial charge in [-0.05, 0) is 31.0 Å². The molecule has 1 aromatic carbocycles. The molecular formula is C11H15BO3. The predicted octanol–water partition coefficient (Wildman–Crippen LogP) is 1.34. The van der Waals surface area contributed by atoms with E-state index in [-0.39, 0.29) is 0 Å². The van der Waals surface area contributed by atoms with Crippen LogP contribution in [0.1, 0.15) is 16.7 Å². The Kier molecular flexibility index (Phi) is 3.94. The fraction of sp³-hybridized carbons (Fsp3) is 0.273. The fourth-order valence-corrected chi connectivity index (χ4v) is 1.50. The van der Waals surface area contributed by atoms with Crippen LogP contribution < -0.4 is 4.74 Å². The van der Waals surface area contributed by atoms with Crippen LogP contribution in [-0.2, 0) is 0 Å². The molecule has 0 saturated heterocycles.